The van der Waals surface area contributed by atoms with Gasteiger partial charge in [0.05, 0.1) is 11.5 Å². The lowest BCUT2D eigenvalue weighted by Gasteiger charge is -2.35. The number of nitro groups is 1. The maximum Gasteiger partial charge on any atom is 0.273 e. The number of nitro benzene ring substituents is 1. The molecule has 7 heteroatoms. The van der Waals surface area contributed by atoms with E-state index < -0.39 is 4.92 Å². The Bertz CT molecular complexity index is 843. The van der Waals surface area contributed by atoms with E-state index in [2.05, 4.69) is 17.0 Å². The fourth-order valence-corrected chi connectivity index (χ4v) is 3.45. The number of carbonyl (C=O) groups excluding carboxylic acids is 1. The second-order valence-electron chi connectivity index (χ2n) is 6.85. The van der Waals surface area contributed by atoms with Gasteiger partial charge in [-0.3, -0.25) is 19.8 Å². The zero-order valence-corrected chi connectivity index (χ0v) is 16.3. The van der Waals surface area contributed by atoms with Crippen LogP contribution < -0.4 is 4.74 Å². The van der Waals surface area contributed by atoms with Crippen LogP contribution in [-0.2, 0) is 6.54 Å². The molecule has 148 valence electrons. The Morgan fingerprint density at radius 1 is 1.11 bits per heavy atom. The first-order chi connectivity index (χ1) is 13.5. The fourth-order valence-electron chi connectivity index (χ4n) is 3.45. The average Bonchev–Trinajstić information content (AvgIpc) is 2.70. The fraction of sp³-hybridized carbons (Fsp3) is 0.381. The summed E-state index contributed by atoms with van der Waals surface area (Å²) in [4.78, 5) is 27.6. The number of rotatable bonds is 6. The third kappa shape index (κ3) is 4.48. The number of benzene rings is 2. The van der Waals surface area contributed by atoms with E-state index in [1.165, 1.54) is 11.6 Å². The topological polar surface area (TPSA) is 75.9 Å². The van der Waals surface area contributed by atoms with Gasteiger partial charge in [0.15, 0.2) is 0 Å². The van der Waals surface area contributed by atoms with E-state index in [0.29, 0.717) is 30.8 Å². The number of nitrogens with zero attached hydrogens (tertiary/aromatic N) is 3. The van der Waals surface area contributed by atoms with Crippen molar-refractivity contribution in [2.45, 2.75) is 20.4 Å². The van der Waals surface area contributed by atoms with Gasteiger partial charge in [0, 0.05) is 49.9 Å². The van der Waals surface area contributed by atoms with E-state index in [-0.39, 0.29) is 11.6 Å². The first-order valence-corrected chi connectivity index (χ1v) is 9.47. The molecule has 1 saturated heterocycles. The number of piperazine rings is 1. The van der Waals surface area contributed by atoms with Crippen LogP contribution in [0.15, 0.2) is 42.5 Å². The third-order valence-electron chi connectivity index (χ3n) is 5.03. The second kappa shape index (κ2) is 8.84. The van der Waals surface area contributed by atoms with Crippen molar-refractivity contribution in [1.29, 1.82) is 0 Å². The molecule has 1 amide bonds. The van der Waals surface area contributed by atoms with E-state index in [9.17, 15) is 14.9 Å². The summed E-state index contributed by atoms with van der Waals surface area (Å²) in [7, 11) is 0. The quantitative estimate of drug-likeness (QED) is 0.565. The van der Waals surface area contributed by atoms with Gasteiger partial charge in [0.2, 0.25) is 0 Å². The monoisotopic (exact) mass is 383 g/mol. The highest BCUT2D eigenvalue weighted by atomic mass is 16.6. The molecular formula is C21H25N3O4. The molecule has 0 N–H and O–H groups in total. The van der Waals surface area contributed by atoms with Crippen LogP contribution in [0.3, 0.4) is 0 Å². The van der Waals surface area contributed by atoms with Crippen molar-refractivity contribution in [3.05, 3.63) is 69.3 Å². The molecule has 0 aliphatic carbocycles. The maximum absolute atomic E-state index is 12.8. The molecule has 0 atom stereocenters. The van der Waals surface area contributed by atoms with Gasteiger partial charge in [0.1, 0.15) is 5.75 Å². The van der Waals surface area contributed by atoms with Crippen LogP contribution in [0.25, 0.3) is 0 Å². The Morgan fingerprint density at radius 3 is 2.39 bits per heavy atom. The first kappa shape index (κ1) is 19.8. The molecule has 0 saturated carbocycles. The molecule has 0 bridgehead atoms. The third-order valence-corrected chi connectivity index (χ3v) is 5.03. The summed E-state index contributed by atoms with van der Waals surface area (Å²) in [5, 5.41) is 11.1. The molecule has 3 rings (SSSR count). The summed E-state index contributed by atoms with van der Waals surface area (Å²) in [6.45, 7) is 7.83. The van der Waals surface area contributed by atoms with Crippen LogP contribution in [0.4, 0.5) is 5.69 Å². The molecule has 2 aromatic rings. The molecule has 28 heavy (non-hydrogen) atoms. The minimum Gasteiger partial charge on any atom is -0.494 e. The first-order valence-electron chi connectivity index (χ1n) is 9.47. The zero-order chi connectivity index (χ0) is 20.1. The highest BCUT2D eigenvalue weighted by Gasteiger charge is 2.25. The van der Waals surface area contributed by atoms with Gasteiger partial charge in [-0.05, 0) is 37.6 Å². The van der Waals surface area contributed by atoms with Crippen LogP contribution in [-0.4, -0.2) is 53.4 Å². The highest BCUT2D eigenvalue weighted by molar-refractivity contribution is 5.96. The van der Waals surface area contributed by atoms with Gasteiger partial charge >= 0.3 is 0 Å². The van der Waals surface area contributed by atoms with Gasteiger partial charge in [0.25, 0.3) is 11.6 Å². The lowest BCUT2D eigenvalue weighted by atomic mass is 10.1. The van der Waals surface area contributed by atoms with Crippen LogP contribution in [0.5, 0.6) is 5.75 Å². The molecule has 0 spiro atoms. The molecule has 2 aromatic carbocycles. The SMILES string of the molecule is CCOc1ccc(CN2CCN(C(=O)c3cccc([N+](=O)[O-])c3C)CC2)cc1. The van der Waals surface area contributed by atoms with E-state index in [1.54, 1.807) is 24.0 Å². The maximum atomic E-state index is 12.8. The van der Waals surface area contributed by atoms with Crippen molar-refractivity contribution >= 4 is 11.6 Å². The van der Waals surface area contributed by atoms with E-state index >= 15 is 0 Å². The van der Waals surface area contributed by atoms with Gasteiger partial charge < -0.3 is 9.64 Å². The van der Waals surface area contributed by atoms with Crippen molar-refractivity contribution in [2.24, 2.45) is 0 Å². The van der Waals surface area contributed by atoms with Gasteiger partial charge in [-0.15, -0.1) is 0 Å². The van der Waals surface area contributed by atoms with Crippen LogP contribution >= 0.6 is 0 Å². The Hall–Kier alpha value is -2.93. The number of hydrogen-bond acceptors (Lipinski definition) is 5. The van der Waals surface area contributed by atoms with Crippen molar-refractivity contribution in [1.82, 2.24) is 9.80 Å². The summed E-state index contributed by atoms with van der Waals surface area (Å²) >= 11 is 0. The molecule has 7 nitrogen and oxygen atoms in total. The van der Waals surface area contributed by atoms with Gasteiger partial charge in [-0.25, -0.2) is 0 Å². The number of hydrogen-bond donors (Lipinski definition) is 0. The lowest BCUT2D eigenvalue weighted by molar-refractivity contribution is -0.385. The number of amides is 1. The Labute approximate surface area is 164 Å². The molecular weight excluding hydrogens is 358 g/mol. The van der Waals surface area contributed by atoms with E-state index in [4.69, 9.17) is 4.74 Å². The van der Waals surface area contributed by atoms with Crippen molar-refractivity contribution in [3.63, 3.8) is 0 Å². The number of ether oxygens (including phenoxy) is 1. The normalized spacial score (nSPS) is 14.7. The molecule has 1 heterocycles. The van der Waals surface area contributed by atoms with Gasteiger partial charge in [-0.2, -0.15) is 0 Å². The molecule has 1 aliphatic rings. The molecule has 0 unspecified atom stereocenters. The molecule has 1 aliphatic heterocycles. The average molecular weight is 383 g/mol. The minimum absolute atomic E-state index is 0.0139. The number of carbonyl (C=O) groups is 1. The molecule has 0 radical (unpaired) electrons. The summed E-state index contributed by atoms with van der Waals surface area (Å²) in [5.41, 5.74) is 2.03. The van der Waals surface area contributed by atoms with Crippen LogP contribution in [0, 0.1) is 17.0 Å². The smallest absolute Gasteiger partial charge is 0.273 e. The Kier molecular flexibility index (Phi) is 6.26. The largest absolute Gasteiger partial charge is 0.494 e. The predicted octanol–water partition coefficient (Wildman–Crippen LogP) is 3.26. The molecule has 0 aromatic heterocycles. The summed E-state index contributed by atoms with van der Waals surface area (Å²) in [6, 6.07) is 12.7. The van der Waals surface area contributed by atoms with E-state index in [0.717, 1.165) is 25.4 Å². The standard InChI is InChI=1S/C21H25N3O4/c1-3-28-18-9-7-17(8-10-18)15-22-11-13-23(14-12-22)21(25)19-5-4-6-20(16(19)2)24(26)27/h4-10H,3,11-15H2,1-2H3. The lowest BCUT2D eigenvalue weighted by Crippen LogP contribution is -2.48. The van der Waals surface area contributed by atoms with Crippen molar-refractivity contribution < 1.29 is 14.5 Å². The zero-order valence-electron chi connectivity index (χ0n) is 16.3. The Morgan fingerprint density at radius 2 is 1.79 bits per heavy atom. The van der Waals surface area contributed by atoms with E-state index in [1.807, 2.05) is 19.1 Å². The van der Waals surface area contributed by atoms with Crippen molar-refractivity contribution in [2.75, 3.05) is 32.8 Å². The predicted molar refractivity (Wildman–Crippen MR) is 107 cm³/mol. The highest BCUT2D eigenvalue weighted by Crippen LogP contribution is 2.23. The Balaban J connectivity index is 1.58. The van der Waals surface area contributed by atoms with Crippen LogP contribution in [0.1, 0.15) is 28.4 Å². The van der Waals surface area contributed by atoms with Crippen molar-refractivity contribution in [3.8, 4) is 5.75 Å². The van der Waals surface area contributed by atoms with Crippen LogP contribution in [0.2, 0.25) is 0 Å². The summed E-state index contributed by atoms with van der Waals surface area (Å²) in [5.74, 6) is 0.732. The minimum atomic E-state index is -0.444. The summed E-state index contributed by atoms with van der Waals surface area (Å²) < 4.78 is 5.47. The second-order valence-corrected chi connectivity index (χ2v) is 6.85. The van der Waals surface area contributed by atoms with Gasteiger partial charge in [-0.1, -0.05) is 18.2 Å². The molecule has 1 fully saturated rings. The summed E-state index contributed by atoms with van der Waals surface area (Å²) in [6.07, 6.45) is 0.